The Bertz CT molecular complexity index is 287. The van der Waals surface area contributed by atoms with Crippen LogP contribution in [-0.2, 0) is 14.3 Å². The Balaban J connectivity index is 2.03. The van der Waals surface area contributed by atoms with E-state index in [0.29, 0.717) is 31.4 Å². The van der Waals surface area contributed by atoms with E-state index in [1.54, 1.807) is 6.92 Å². The van der Waals surface area contributed by atoms with E-state index >= 15 is 0 Å². The summed E-state index contributed by atoms with van der Waals surface area (Å²) in [5.41, 5.74) is 0. The lowest BCUT2D eigenvalue weighted by Crippen LogP contribution is -2.36. The fourth-order valence-corrected chi connectivity index (χ4v) is 2.10. The second-order valence-electron chi connectivity index (χ2n) is 5.00. The van der Waals surface area contributed by atoms with Crippen molar-refractivity contribution in [2.45, 2.75) is 45.6 Å². The van der Waals surface area contributed by atoms with Crippen molar-refractivity contribution in [3.8, 4) is 0 Å². The van der Waals surface area contributed by atoms with Gasteiger partial charge in [-0.1, -0.05) is 6.92 Å². The Kier molecular flexibility index (Phi) is 6.12. The first-order chi connectivity index (χ1) is 8.52. The van der Waals surface area contributed by atoms with Gasteiger partial charge in [-0.2, -0.15) is 0 Å². The molecular weight excluding hydrogens is 234 g/mol. The fraction of sp³-hybridized carbons (Fsp3) is 0.846. The standard InChI is InChI=1S/C13H23NO4/c1-3-18-11-6-10(7-11)8-12(15)14-5-4-9(2)13(16)17/h9-11H,3-8H2,1-2H3,(H,14,15)(H,16,17). The van der Waals surface area contributed by atoms with Crippen LogP contribution in [0.1, 0.15) is 39.5 Å². The van der Waals surface area contributed by atoms with E-state index in [1.165, 1.54) is 0 Å². The third-order valence-electron chi connectivity index (χ3n) is 3.39. The van der Waals surface area contributed by atoms with E-state index < -0.39 is 11.9 Å². The minimum Gasteiger partial charge on any atom is -0.481 e. The molecule has 0 aliphatic heterocycles. The predicted octanol–water partition coefficient (Wildman–Crippen LogP) is 1.42. The zero-order valence-corrected chi connectivity index (χ0v) is 11.1. The van der Waals surface area contributed by atoms with Crippen LogP contribution in [0, 0.1) is 11.8 Å². The summed E-state index contributed by atoms with van der Waals surface area (Å²) in [4.78, 5) is 22.1. The van der Waals surface area contributed by atoms with Gasteiger partial charge in [0.2, 0.25) is 5.91 Å². The van der Waals surface area contributed by atoms with E-state index in [1.807, 2.05) is 6.92 Å². The maximum absolute atomic E-state index is 11.6. The molecule has 18 heavy (non-hydrogen) atoms. The monoisotopic (exact) mass is 257 g/mol. The van der Waals surface area contributed by atoms with Crippen molar-refractivity contribution in [1.29, 1.82) is 0 Å². The number of carboxylic acid groups (broad SMARTS) is 1. The van der Waals surface area contributed by atoms with Crippen LogP contribution in [0.5, 0.6) is 0 Å². The van der Waals surface area contributed by atoms with Gasteiger partial charge in [-0.05, 0) is 32.1 Å². The SMILES string of the molecule is CCOC1CC(CC(=O)NCCC(C)C(=O)O)C1. The van der Waals surface area contributed by atoms with E-state index in [-0.39, 0.29) is 5.91 Å². The molecule has 1 fully saturated rings. The molecule has 2 N–H and O–H groups in total. The first-order valence-electron chi connectivity index (χ1n) is 6.64. The molecule has 1 unspecified atom stereocenters. The highest BCUT2D eigenvalue weighted by molar-refractivity contribution is 5.76. The fourth-order valence-electron chi connectivity index (χ4n) is 2.10. The highest BCUT2D eigenvalue weighted by Gasteiger charge is 2.30. The molecule has 1 atom stereocenters. The maximum atomic E-state index is 11.6. The summed E-state index contributed by atoms with van der Waals surface area (Å²) in [5, 5.41) is 11.5. The predicted molar refractivity (Wildman–Crippen MR) is 67.2 cm³/mol. The van der Waals surface area contributed by atoms with Gasteiger partial charge < -0.3 is 15.2 Å². The number of nitrogens with one attached hydrogen (secondary N) is 1. The zero-order chi connectivity index (χ0) is 13.5. The Morgan fingerprint density at radius 1 is 1.44 bits per heavy atom. The molecule has 104 valence electrons. The van der Waals surface area contributed by atoms with Gasteiger partial charge in [0.1, 0.15) is 0 Å². The second kappa shape index (κ2) is 7.36. The quantitative estimate of drug-likeness (QED) is 0.689. The molecule has 5 heteroatoms. The summed E-state index contributed by atoms with van der Waals surface area (Å²) < 4.78 is 5.43. The lowest BCUT2D eigenvalue weighted by atomic mass is 9.80. The number of aliphatic carboxylic acids is 1. The number of carboxylic acids is 1. The Morgan fingerprint density at radius 2 is 2.11 bits per heavy atom. The molecule has 1 amide bonds. The van der Waals surface area contributed by atoms with Gasteiger partial charge in [0, 0.05) is 19.6 Å². The summed E-state index contributed by atoms with van der Waals surface area (Å²) >= 11 is 0. The van der Waals surface area contributed by atoms with Gasteiger partial charge in [-0.25, -0.2) is 0 Å². The third-order valence-corrected chi connectivity index (χ3v) is 3.39. The normalized spacial score (nSPS) is 24.1. The van der Waals surface area contributed by atoms with Crippen molar-refractivity contribution < 1.29 is 19.4 Å². The minimum absolute atomic E-state index is 0.0209. The van der Waals surface area contributed by atoms with E-state index in [9.17, 15) is 9.59 Å². The lowest BCUT2D eigenvalue weighted by Gasteiger charge is -2.34. The molecule has 1 rings (SSSR count). The zero-order valence-electron chi connectivity index (χ0n) is 11.1. The molecule has 0 radical (unpaired) electrons. The van der Waals surface area contributed by atoms with Crippen molar-refractivity contribution in [2.75, 3.05) is 13.2 Å². The average Bonchev–Trinajstić information content (AvgIpc) is 2.26. The number of carbonyl (C=O) groups excluding carboxylic acids is 1. The number of ether oxygens (including phenoxy) is 1. The molecule has 0 heterocycles. The molecule has 1 saturated carbocycles. The van der Waals surface area contributed by atoms with E-state index in [4.69, 9.17) is 9.84 Å². The van der Waals surface area contributed by atoms with Crippen LogP contribution in [0.15, 0.2) is 0 Å². The Morgan fingerprint density at radius 3 is 2.67 bits per heavy atom. The van der Waals surface area contributed by atoms with Crippen LogP contribution in [0.2, 0.25) is 0 Å². The van der Waals surface area contributed by atoms with Crippen LogP contribution in [-0.4, -0.2) is 36.2 Å². The molecule has 0 saturated heterocycles. The van der Waals surface area contributed by atoms with Gasteiger partial charge in [0.05, 0.1) is 12.0 Å². The van der Waals surface area contributed by atoms with Crippen LogP contribution in [0.3, 0.4) is 0 Å². The summed E-state index contributed by atoms with van der Waals surface area (Å²) in [6.45, 7) is 4.79. The highest BCUT2D eigenvalue weighted by atomic mass is 16.5. The van der Waals surface area contributed by atoms with Gasteiger partial charge in [-0.3, -0.25) is 9.59 Å². The molecule has 0 aromatic rings. The van der Waals surface area contributed by atoms with Crippen LogP contribution < -0.4 is 5.32 Å². The minimum atomic E-state index is -0.817. The first kappa shape index (κ1) is 15.0. The summed E-state index contributed by atoms with van der Waals surface area (Å²) in [7, 11) is 0. The van der Waals surface area contributed by atoms with Gasteiger partial charge in [-0.15, -0.1) is 0 Å². The van der Waals surface area contributed by atoms with Crippen LogP contribution >= 0.6 is 0 Å². The molecule has 1 aliphatic rings. The van der Waals surface area contributed by atoms with Crippen molar-refractivity contribution in [3.63, 3.8) is 0 Å². The molecule has 0 bridgehead atoms. The molecular formula is C13H23NO4. The molecule has 5 nitrogen and oxygen atoms in total. The van der Waals surface area contributed by atoms with Crippen molar-refractivity contribution >= 4 is 11.9 Å². The summed E-state index contributed by atoms with van der Waals surface area (Å²) in [6.07, 6.45) is 3.28. The van der Waals surface area contributed by atoms with E-state index in [0.717, 1.165) is 19.4 Å². The molecule has 0 spiro atoms. The molecule has 0 aromatic carbocycles. The van der Waals surface area contributed by atoms with Crippen molar-refractivity contribution in [2.24, 2.45) is 11.8 Å². The van der Waals surface area contributed by atoms with E-state index in [2.05, 4.69) is 5.32 Å². The molecule has 0 aromatic heterocycles. The van der Waals surface area contributed by atoms with Gasteiger partial charge in [0.25, 0.3) is 0 Å². The topological polar surface area (TPSA) is 75.6 Å². The smallest absolute Gasteiger partial charge is 0.306 e. The lowest BCUT2D eigenvalue weighted by molar-refractivity contribution is -0.141. The van der Waals surface area contributed by atoms with Crippen molar-refractivity contribution in [3.05, 3.63) is 0 Å². The largest absolute Gasteiger partial charge is 0.481 e. The number of hydrogen-bond donors (Lipinski definition) is 2. The Labute approximate surface area is 108 Å². The second-order valence-corrected chi connectivity index (χ2v) is 5.00. The summed E-state index contributed by atoms with van der Waals surface area (Å²) in [6, 6.07) is 0. The number of amides is 1. The van der Waals surface area contributed by atoms with Gasteiger partial charge >= 0.3 is 5.97 Å². The molecule has 1 aliphatic carbocycles. The number of rotatable bonds is 8. The first-order valence-corrected chi connectivity index (χ1v) is 6.64. The number of hydrogen-bond acceptors (Lipinski definition) is 3. The summed E-state index contributed by atoms with van der Waals surface area (Å²) in [5.74, 6) is -0.773. The number of carbonyl (C=O) groups is 2. The Hall–Kier alpha value is -1.10. The highest BCUT2D eigenvalue weighted by Crippen LogP contribution is 2.32. The average molecular weight is 257 g/mol. The third kappa shape index (κ3) is 5.04. The van der Waals surface area contributed by atoms with Gasteiger partial charge in [0.15, 0.2) is 0 Å². The van der Waals surface area contributed by atoms with Crippen LogP contribution in [0.4, 0.5) is 0 Å². The van der Waals surface area contributed by atoms with Crippen molar-refractivity contribution in [1.82, 2.24) is 5.32 Å². The maximum Gasteiger partial charge on any atom is 0.306 e. The van der Waals surface area contributed by atoms with Crippen LogP contribution in [0.25, 0.3) is 0 Å².